The van der Waals surface area contributed by atoms with Crippen LogP contribution < -0.4 is 4.18 Å². The van der Waals surface area contributed by atoms with Crippen LogP contribution in [-0.2, 0) is 19.6 Å². The van der Waals surface area contributed by atoms with Gasteiger partial charge in [-0.25, -0.2) is 0 Å². The minimum atomic E-state index is -3.98. The lowest BCUT2D eigenvalue weighted by Crippen LogP contribution is -2.52. The molecule has 1 unspecified atom stereocenters. The first-order chi connectivity index (χ1) is 15.7. The molecule has 0 aliphatic carbocycles. The maximum atomic E-state index is 12.9. The molecule has 2 aliphatic heterocycles. The number of aryl methyl sites for hydroxylation is 2. The number of piperazine rings is 1. The summed E-state index contributed by atoms with van der Waals surface area (Å²) >= 11 is 0. The van der Waals surface area contributed by atoms with Crippen LogP contribution in [0.1, 0.15) is 34.3 Å². The molecule has 2 saturated heterocycles. The van der Waals surface area contributed by atoms with Crippen LogP contribution in [0.3, 0.4) is 0 Å². The highest BCUT2D eigenvalue weighted by atomic mass is 32.2. The quantitative estimate of drug-likeness (QED) is 0.621. The van der Waals surface area contributed by atoms with E-state index in [2.05, 4.69) is 0 Å². The van der Waals surface area contributed by atoms with Crippen molar-refractivity contribution in [3.05, 3.63) is 59.2 Å². The molecule has 4 rings (SSSR count). The summed E-state index contributed by atoms with van der Waals surface area (Å²) in [6.07, 6.45) is 1.31. The van der Waals surface area contributed by atoms with Gasteiger partial charge in [0.05, 0.1) is 0 Å². The molecule has 2 fully saturated rings. The predicted octanol–water partition coefficient (Wildman–Crippen LogP) is 2.53. The monoisotopic (exact) mass is 472 g/mol. The van der Waals surface area contributed by atoms with Gasteiger partial charge in [-0.2, -0.15) is 8.42 Å². The first kappa shape index (κ1) is 23.3. The Balaban J connectivity index is 1.37. The fraction of sp³-hybridized carbons (Fsp3) is 0.417. The SMILES string of the molecule is Cc1ccc(C)c(S(=O)(=O)Oc2ccc(C(=O)N3CCN(C(=O)C4CCCO4)CC3)cc2)c1. The average molecular weight is 473 g/mol. The van der Waals surface area contributed by atoms with Crippen LogP contribution >= 0.6 is 0 Å². The number of ether oxygens (including phenoxy) is 1. The molecule has 0 aromatic heterocycles. The molecule has 0 bridgehead atoms. The van der Waals surface area contributed by atoms with Gasteiger partial charge in [0.2, 0.25) is 0 Å². The lowest BCUT2D eigenvalue weighted by Gasteiger charge is -2.35. The smallest absolute Gasteiger partial charge is 0.339 e. The molecule has 0 spiro atoms. The van der Waals surface area contributed by atoms with Crippen molar-refractivity contribution in [3.63, 3.8) is 0 Å². The zero-order valence-corrected chi connectivity index (χ0v) is 19.6. The van der Waals surface area contributed by atoms with Crippen LogP contribution in [0.4, 0.5) is 0 Å². The summed E-state index contributed by atoms with van der Waals surface area (Å²) in [5, 5.41) is 0. The maximum Gasteiger partial charge on any atom is 0.339 e. The Bertz CT molecular complexity index is 1130. The first-order valence-electron chi connectivity index (χ1n) is 11.1. The summed E-state index contributed by atoms with van der Waals surface area (Å²) in [7, 11) is -3.98. The van der Waals surface area contributed by atoms with Crippen LogP contribution in [0.5, 0.6) is 5.75 Å². The zero-order chi connectivity index (χ0) is 23.6. The van der Waals surface area contributed by atoms with E-state index >= 15 is 0 Å². The van der Waals surface area contributed by atoms with Gasteiger partial charge in [0, 0.05) is 38.3 Å². The molecule has 0 saturated carbocycles. The third-order valence-electron chi connectivity index (χ3n) is 6.00. The number of carbonyl (C=O) groups is 2. The minimum Gasteiger partial charge on any atom is -0.379 e. The average Bonchev–Trinajstić information content (AvgIpc) is 3.35. The largest absolute Gasteiger partial charge is 0.379 e. The van der Waals surface area contributed by atoms with Crippen molar-refractivity contribution < 1.29 is 26.9 Å². The number of nitrogens with zero attached hydrogens (tertiary/aromatic N) is 2. The van der Waals surface area contributed by atoms with Gasteiger partial charge in [0.25, 0.3) is 11.8 Å². The van der Waals surface area contributed by atoms with Crippen LogP contribution in [0.2, 0.25) is 0 Å². The van der Waals surface area contributed by atoms with E-state index in [1.807, 2.05) is 13.0 Å². The molecule has 2 amide bonds. The van der Waals surface area contributed by atoms with Crippen molar-refractivity contribution in [2.45, 2.75) is 37.7 Å². The summed E-state index contributed by atoms with van der Waals surface area (Å²) in [5.41, 5.74) is 1.86. The van der Waals surface area contributed by atoms with E-state index in [9.17, 15) is 18.0 Å². The highest BCUT2D eigenvalue weighted by Gasteiger charge is 2.31. The number of carbonyl (C=O) groups excluding carboxylic acids is 2. The number of hydrogen-bond acceptors (Lipinski definition) is 6. The molecule has 2 heterocycles. The van der Waals surface area contributed by atoms with Gasteiger partial charge in [-0.1, -0.05) is 12.1 Å². The van der Waals surface area contributed by atoms with Crippen molar-refractivity contribution in [3.8, 4) is 5.75 Å². The summed E-state index contributed by atoms with van der Waals surface area (Å²) < 4.78 is 36.1. The second-order valence-electron chi connectivity index (χ2n) is 8.45. The third-order valence-corrected chi connectivity index (χ3v) is 7.39. The second kappa shape index (κ2) is 9.52. The molecule has 9 heteroatoms. The Hall–Kier alpha value is -2.91. The Morgan fingerprint density at radius 1 is 0.970 bits per heavy atom. The molecule has 2 aromatic rings. The Morgan fingerprint density at radius 2 is 1.64 bits per heavy atom. The van der Waals surface area contributed by atoms with Gasteiger partial charge in [0.15, 0.2) is 0 Å². The molecule has 0 radical (unpaired) electrons. The van der Waals surface area contributed by atoms with Crippen LogP contribution in [0.25, 0.3) is 0 Å². The predicted molar refractivity (Wildman–Crippen MR) is 122 cm³/mol. The molecular weight excluding hydrogens is 444 g/mol. The van der Waals surface area contributed by atoms with E-state index in [-0.39, 0.29) is 28.6 Å². The normalized spacial score (nSPS) is 18.9. The summed E-state index contributed by atoms with van der Waals surface area (Å²) in [5.74, 6) is -0.0197. The molecule has 8 nitrogen and oxygen atoms in total. The Morgan fingerprint density at radius 3 is 2.27 bits per heavy atom. The highest BCUT2D eigenvalue weighted by Crippen LogP contribution is 2.23. The third kappa shape index (κ3) is 5.20. The van der Waals surface area contributed by atoms with Gasteiger partial charge in [-0.3, -0.25) is 9.59 Å². The molecule has 2 aliphatic rings. The lowest BCUT2D eigenvalue weighted by atomic mass is 10.1. The fourth-order valence-electron chi connectivity index (χ4n) is 4.09. The van der Waals surface area contributed by atoms with Crippen LogP contribution in [0.15, 0.2) is 47.4 Å². The first-order valence-corrected chi connectivity index (χ1v) is 12.5. The number of amides is 2. The van der Waals surface area contributed by atoms with Gasteiger partial charge in [-0.05, 0) is 68.1 Å². The van der Waals surface area contributed by atoms with E-state index in [1.54, 1.807) is 41.0 Å². The van der Waals surface area contributed by atoms with Gasteiger partial charge >= 0.3 is 10.1 Å². The van der Waals surface area contributed by atoms with E-state index in [4.69, 9.17) is 8.92 Å². The van der Waals surface area contributed by atoms with Crippen molar-refractivity contribution in [2.75, 3.05) is 32.8 Å². The van der Waals surface area contributed by atoms with E-state index in [0.717, 1.165) is 18.4 Å². The van der Waals surface area contributed by atoms with Crippen LogP contribution in [-0.4, -0.2) is 68.9 Å². The van der Waals surface area contributed by atoms with Gasteiger partial charge in [0.1, 0.15) is 16.7 Å². The highest BCUT2D eigenvalue weighted by molar-refractivity contribution is 7.87. The molecule has 33 heavy (non-hydrogen) atoms. The molecule has 176 valence electrons. The number of benzene rings is 2. The van der Waals surface area contributed by atoms with Crippen molar-refractivity contribution in [2.24, 2.45) is 0 Å². The van der Waals surface area contributed by atoms with Crippen LogP contribution in [0, 0.1) is 13.8 Å². The summed E-state index contributed by atoms with van der Waals surface area (Å²) in [4.78, 5) is 28.9. The van der Waals surface area contributed by atoms with E-state index in [0.29, 0.717) is 43.9 Å². The fourth-order valence-corrected chi connectivity index (χ4v) is 5.34. The molecule has 1 atom stereocenters. The zero-order valence-electron chi connectivity index (χ0n) is 18.8. The molecular formula is C24H28N2O6S. The second-order valence-corrected chi connectivity index (χ2v) is 9.96. The standard InChI is InChI=1S/C24H28N2O6S/c1-17-5-6-18(2)22(16-17)33(29,30)32-20-9-7-19(8-10-20)23(27)25-11-13-26(14-12-25)24(28)21-4-3-15-31-21/h5-10,16,21H,3-4,11-15H2,1-2H3. The Kier molecular flexibility index (Phi) is 6.71. The number of hydrogen-bond donors (Lipinski definition) is 0. The summed E-state index contributed by atoms with van der Waals surface area (Å²) in [6.45, 7) is 5.98. The van der Waals surface area contributed by atoms with Gasteiger partial charge in [-0.15, -0.1) is 0 Å². The number of rotatable bonds is 5. The topological polar surface area (TPSA) is 93.2 Å². The minimum absolute atomic E-state index is 0.00570. The van der Waals surface area contributed by atoms with E-state index < -0.39 is 10.1 Å². The van der Waals surface area contributed by atoms with Crippen molar-refractivity contribution in [1.29, 1.82) is 0 Å². The van der Waals surface area contributed by atoms with Gasteiger partial charge < -0.3 is 18.7 Å². The maximum absolute atomic E-state index is 12.9. The Labute approximate surface area is 194 Å². The molecule has 2 aromatic carbocycles. The lowest BCUT2D eigenvalue weighted by molar-refractivity contribution is -0.142. The summed E-state index contributed by atoms with van der Waals surface area (Å²) in [6, 6.07) is 11.2. The van der Waals surface area contributed by atoms with E-state index in [1.165, 1.54) is 12.1 Å². The van der Waals surface area contributed by atoms with Crippen molar-refractivity contribution in [1.82, 2.24) is 9.80 Å². The van der Waals surface area contributed by atoms with Crippen molar-refractivity contribution >= 4 is 21.9 Å². The molecule has 0 N–H and O–H groups in total.